The lowest BCUT2D eigenvalue weighted by Crippen LogP contribution is -2.38. The maximum atomic E-state index is 5.37. The van der Waals surface area contributed by atoms with Crippen LogP contribution in [-0.2, 0) is 20.0 Å². The third kappa shape index (κ3) is 5.62. The van der Waals surface area contributed by atoms with E-state index in [9.17, 15) is 0 Å². The number of para-hydroxylation sites is 1. The normalized spacial score (nSPS) is 11.0. The van der Waals surface area contributed by atoms with E-state index < -0.39 is 0 Å². The minimum atomic E-state index is 0. The maximum absolute atomic E-state index is 5.37. The predicted octanol–water partition coefficient (Wildman–Crippen LogP) is 2.57. The number of ether oxygens (including phenoxy) is 1. The summed E-state index contributed by atoms with van der Waals surface area (Å²) in [6.07, 6.45) is 0.918. The van der Waals surface area contributed by atoms with Gasteiger partial charge < -0.3 is 15.4 Å². The Morgan fingerprint density at radius 2 is 1.96 bits per heavy atom. The van der Waals surface area contributed by atoms with E-state index in [1.165, 1.54) is 11.3 Å². The topological polar surface area (TPSA) is 63.5 Å². The minimum absolute atomic E-state index is 0. The number of aliphatic imine (C=N–C) groups is 1. The van der Waals surface area contributed by atoms with Gasteiger partial charge in [-0.1, -0.05) is 18.2 Å². The average Bonchev–Trinajstić information content (AvgIpc) is 2.84. The van der Waals surface area contributed by atoms with E-state index in [4.69, 9.17) is 4.74 Å². The number of nitrogens with one attached hydrogen (secondary N) is 2. The number of hydrogen-bond acceptors (Lipinski definition) is 3. The molecule has 25 heavy (non-hydrogen) atoms. The standard InChI is InChI=1S/C18H27N5O.HI/c1-13-16(14(2)23(4)22-13)10-11-20-18(19-3)21-12-15-8-6-7-9-17(15)24-5;/h6-9H,10-12H2,1-5H3,(H2,19,20,21);1H. The van der Waals surface area contributed by atoms with E-state index >= 15 is 0 Å². The lowest BCUT2D eigenvalue weighted by atomic mass is 10.1. The van der Waals surface area contributed by atoms with Crippen LogP contribution in [0.4, 0.5) is 0 Å². The van der Waals surface area contributed by atoms with Crippen LogP contribution in [0.25, 0.3) is 0 Å². The Kier molecular flexibility index (Phi) is 8.74. The average molecular weight is 457 g/mol. The van der Waals surface area contributed by atoms with Crippen molar-refractivity contribution in [2.24, 2.45) is 12.0 Å². The molecule has 0 radical (unpaired) electrons. The number of rotatable bonds is 6. The van der Waals surface area contributed by atoms with Gasteiger partial charge in [0.1, 0.15) is 5.75 Å². The summed E-state index contributed by atoms with van der Waals surface area (Å²) < 4.78 is 7.30. The van der Waals surface area contributed by atoms with Gasteiger partial charge in [0.2, 0.25) is 0 Å². The largest absolute Gasteiger partial charge is 0.496 e. The Labute approximate surface area is 167 Å². The van der Waals surface area contributed by atoms with Gasteiger partial charge in [0.15, 0.2) is 5.96 Å². The molecule has 0 bridgehead atoms. The molecular formula is C18H28IN5O. The Bertz CT molecular complexity index is 711. The summed E-state index contributed by atoms with van der Waals surface area (Å²) in [6.45, 7) is 5.62. The molecule has 1 heterocycles. The fourth-order valence-corrected chi connectivity index (χ4v) is 2.73. The summed E-state index contributed by atoms with van der Waals surface area (Å²) in [5, 5.41) is 11.1. The smallest absolute Gasteiger partial charge is 0.191 e. The van der Waals surface area contributed by atoms with Crippen LogP contribution in [0.3, 0.4) is 0 Å². The highest BCUT2D eigenvalue weighted by Crippen LogP contribution is 2.16. The molecule has 1 aromatic carbocycles. The van der Waals surface area contributed by atoms with Gasteiger partial charge in [0.05, 0.1) is 12.8 Å². The van der Waals surface area contributed by atoms with Crippen molar-refractivity contribution < 1.29 is 4.74 Å². The molecule has 0 fully saturated rings. The summed E-state index contributed by atoms with van der Waals surface area (Å²) in [6, 6.07) is 7.97. The number of guanidine groups is 1. The van der Waals surface area contributed by atoms with E-state index in [1.54, 1.807) is 14.2 Å². The van der Waals surface area contributed by atoms with Gasteiger partial charge in [-0.25, -0.2) is 0 Å². The quantitative estimate of drug-likeness (QED) is 0.398. The molecule has 2 rings (SSSR count). The zero-order valence-corrected chi connectivity index (χ0v) is 17.9. The molecule has 0 spiro atoms. The summed E-state index contributed by atoms with van der Waals surface area (Å²) in [4.78, 5) is 4.27. The zero-order chi connectivity index (χ0) is 17.5. The van der Waals surface area contributed by atoms with Gasteiger partial charge in [0.25, 0.3) is 0 Å². The van der Waals surface area contributed by atoms with E-state index in [1.807, 2.05) is 36.0 Å². The minimum Gasteiger partial charge on any atom is -0.496 e. The Hall–Kier alpha value is -1.77. The molecule has 0 saturated carbocycles. The SMILES string of the molecule is CN=C(NCCc1c(C)nn(C)c1C)NCc1ccccc1OC.I. The first-order valence-electron chi connectivity index (χ1n) is 8.12. The predicted molar refractivity (Wildman–Crippen MR) is 113 cm³/mol. The van der Waals surface area contributed by atoms with Crippen LogP contribution in [0, 0.1) is 13.8 Å². The number of halogens is 1. The molecule has 6 nitrogen and oxygen atoms in total. The first-order valence-corrected chi connectivity index (χ1v) is 8.12. The van der Waals surface area contributed by atoms with Crippen molar-refractivity contribution in [1.82, 2.24) is 20.4 Å². The van der Waals surface area contributed by atoms with Gasteiger partial charge in [0, 0.05) is 38.4 Å². The lowest BCUT2D eigenvalue weighted by Gasteiger charge is -2.13. The van der Waals surface area contributed by atoms with Crippen LogP contribution in [0.15, 0.2) is 29.3 Å². The molecule has 7 heteroatoms. The molecule has 0 aliphatic heterocycles. The Morgan fingerprint density at radius 3 is 2.56 bits per heavy atom. The molecule has 2 N–H and O–H groups in total. The van der Waals surface area contributed by atoms with Crippen LogP contribution in [-0.4, -0.2) is 36.4 Å². The number of nitrogens with zero attached hydrogens (tertiary/aromatic N) is 3. The molecule has 0 unspecified atom stereocenters. The van der Waals surface area contributed by atoms with E-state index in [2.05, 4.69) is 34.6 Å². The monoisotopic (exact) mass is 457 g/mol. The van der Waals surface area contributed by atoms with Crippen molar-refractivity contribution in [2.75, 3.05) is 20.7 Å². The maximum Gasteiger partial charge on any atom is 0.191 e. The molecule has 0 atom stereocenters. The number of aromatic nitrogens is 2. The molecule has 1 aromatic heterocycles. The van der Waals surface area contributed by atoms with Gasteiger partial charge in [-0.3, -0.25) is 9.67 Å². The highest BCUT2D eigenvalue weighted by atomic mass is 127. The fourth-order valence-electron chi connectivity index (χ4n) is 2.73. The van der Waals surface area contributed by atoms with Crippen molar-refractivity contribution in [3.8, 4) is 5.75 Å². The summed E-state index contributed by atoms with van der Waals surface area (Å²) in [7, 11) is 5.44. The highest BCUT2D eigenvalue weighted by Gasteiger charge is 2.09. The van der Waals surface area contributed by atoms with Crippen LogP contribution in [0.1, 0.15) is 22.5 Å². The van der Waals surface area contributed by atoms with Crippen LogP contribution < -0.4 is 15.4 Å². The van der Waals surface area contributed by atoms with E-state index in [0.29, 0.717) is 6.54 Å². The lowest BCUT2D eigenvalue weighted by molar-refractivity contribution is 0.409. The van der Waals surface area contributed by atoms with Gasteiger partial charge in [-0.2, -0.15) is 5.10 Å². The number of hydrogen-bond donors (Lipinski definition) is 2. The van der Waals surface area contributed by atoms with Crippen molar-refractivity contribution in [2.45, 2.75) is 26.8 Å². The van der Waals surface area contributed by atoms with Crippen LogP contribution >= 0.6 is 24.0 Å². The molecule has 0 amide bonds. The third-order valence-corrected chi connectivity index (χ3v) is 4.19. The van der Waals surface area contributed by atoms with Gasteiger partial charge >= 0.3 is 0 Å². The summed E-state index contributed by atoms with van der Waals surface area (Å²) in [5.41, 5.74) is 4.70. The second kappa shape index (κ2) is 10.3. The van der Waals surface area contributed by atoms with Crippen molar-refractivity contribution >= 4 is 29.9 Å². The van der Waals surface area contributed by atoms with Crippen LogP contribution in [0.5, 0.6) is 5.75 Å². The first-order chi connectivity index (χ1) is 11.6. The molecule has 138 valence electrons. The molecule has 2 aromatic rings. The first kappa shape index (κ1) is 21.3. The van der Waals surface area contributed by atoms with Gasteiger partial charge in [-0.15, -0.1) is 24.0 Å². The van der Waals surface area contributed by atoms with Crippen molar-refractivity contribution in [3.05, 3.63) is 46.8 Å². The fraction of sp³-hybridized carbons (Fsp3) is 0.444. The Balaban J connectivity index is 0.00000312. The second-order valence-corrected chi connectivity index (χ2v) is 5.69. The van der Waals surface area contributed by atoms with Crippen LogP contribution in [0.2, 0.25) is 0 Å². The van der Waals surface area contributed by atoms with Crippen molar-refractivity contribution in [1.29, 1.82) is 0 Å². The number of aryl methyl sites for hydroxylation is 2. The summed E-state index contributed by atoms with van der Waals surface area (Å²) in [5.74, 6) is 1.65. The third-order valence-electron chi connectivity index (χ3n) is 4.19. The molecule has 0 aliphatic rings. The Morgan fingerprint density at radius 1 is 1.24 bits per heavy atom. The van der Waals surface area contributed by atoms with E-state index in [-0.39, 0.29) is 24.0 Å². The second-order valence-electron chi connectivity index (χ2n) is 5.69. The number of methoxy groups -OCH3 is 1. The number of benzene rings is 1. The molecular weight excluding hydrogens is 429 g/mol. The zero-order valence-electron chi connectivity index (χ0n) is 15.6. The van der Waals surface area contributed by atoms with Gasteiger partial charge in [-0.05, 0) is 31.9 Å². The molecule has 0 aliphatic carbocycles. The highest BCUT2D eigenvalue weighted by molar-refractivity contribution is 14.0. The van der Waals surface area contributed by atoms with Crippen molar-refractivity contribution in [3.63, 3.8) is 0 Å². The molecule has 0 saturated heterocycles. The van der Waals surface area contributed by atoms with E-state index in [0.717, 1.165) is 35.9 Å². The summed E-state index contributed by atoms with van der Waals surface area (Å²) >= 11 is 0.